The molecule has 0 aliphatic heterocycles. The van der Waals surface area contributed by atoms with Crippen molar-refractivity contribution in [2.24, 2.45) is 5.84 Å². The third kappa shape index (κ3) is 2.68. The third-order valence-corrected chi connectivity index (χ3v) is 3.96. The van der Waals surface area contributed by atoms with Crippen molar-refractivity contribution in [3.05, 3.63) is 24.3 Å². The number of methoxy groups -OCH3 is 1. The lowest BCUT2D eigenvalue weighted by Crippen LogP contribution is -2.48. The summed E-state index contributed by atoms with van der Waals surface area (Å²) < 4.78 is 5.87. The van der Waals surface area contributed by atoms with Gasteiger partial charge in [-0.2, -0.15) is 0 Å². The fraction of sp³-hybridized carbons (Fsp3) is 0.692. The van der Waals surface area contributed by atoms with Crippen molar-refractivity contribution in [3.8, 4) is 0 Å². The average molecular weight is 250 g/mol. The first-order valence-corrected chi connectivity index (χ1v) is 6.58. The molecule has 0 radical (unpaired) electrons. The van der Waals surface area contributed by atoms with E-state index in [9.17, 15) is 0 Å². The lowest BCUT2D eigenvalue weighted by atomic mass is 9.83. The minimum absolute atomic E-state index is 0.0539. The zero-order valence-corrected chi connectivity index (χ0v) is 10.9. The second-order valence-electron chi connectivity index (χ2n) is 4.95. The minimum Gasteiger partial charge on any atom is -0.376 e. The third-order valence-electron chi connectivity index (χ3n) is 3.96. The van der Waals surface area contributed by atoms with E-state index < -0.39 is 0 Å². The van der Waals surface area contributed by atoms with E-state index in [0.29, 0.717) is 0 Å². The van der Waals surface area contributed by atoms with Crippen molar-refractivity contribution < 1.29 is 4.74 Å². The fourth-order valence-electron chi connectivity index (χ4n) is 2.95. The largest absolute Gasteiger partial charge is 0.376 e. The first-order chi connectivity index (χ1) is 8.82. The van der Waals surface area contributed by atoms with Crippen LogP contribution in [0.25, 0.3) is 0 Å². The second-order valence-corrected chi connectivity index (χ2v) is 4.95. The van der Waals surface area contributed by atoms with E-state index in [0.717, 1.165) is 18.4 Å². The number of nitrogens with two attached hydrogens (primary N) is 1. The van der Waals surface area contributed by atoms with Gasteiger partial charge in [0, 0.05) is 25.1 Å². The van der Waals surface area contributed by atoms with Crippen LogP contribution in [0.15, 0.2) is 18.7 Å². The summed E-state index contributed by atoms with van der Waals surface area (Å²) in [6.07, 6.45) is 12.1. The number of nitrogens with one attached hydrogen (secondary N) is 1. The predicted octanol–water partition coefficient (Wildman–Crippen LogP) is 1.72. The molecular formula is C13H22N4O. The summed E-state index contributed by atoms with van der Waals surface area (Å²) in [6.45, 7) is 0. The Morgan fingerprint density at radius 1 is 1.22 bits per heavy atom. The van der Waals surface area contributed by atoms with Crippen molar-refractivity contribution in [3.63, 3.8) is 0 Å². The Bertz CT molecular complexity index is 349. The van der Waals surface area contributed by atoms with E-state index in [4.69, 9.17) is 10.6 Å². The Labute approximate surface area is 108 Å². The number of hydrogen-bond donors (Lipinski definition) is 2. The van der Waals surface area contributed by atoms with Gasteiger partial charge >= 0.3 is 0 Å². The Kier molecular flexibility index (Phi) is 4.63. The van der Waals surface area contributed by atoms with Crippen LogP contribution >= 0.6 is 0 Å². The molecule has 2 rings (SSSR count). The maximum Gasteiger partial charge on any atom is 0.115 e. The number of ether oxygens (including phenoxy) is 1. The number of nitrogens with zero attached hydrogens (tertiary/aromatic N) is 2. The molecule has 1 heterocycles. The molecule has 0 amide bonds. The fourth-order valence-corrected chi connectivity index (χ4v) is 2.95. The summed E-state index contributed by atoms with van der Waals surface area (Å²) in [5, 5.41) is 0. The van der Waals surface area contributed by atoms with E-state index in [1.165, 1.54) is 32.0 Å². The zero-order chi connectivity index (χ0) is 12.8. The lowest BCUT2D eigenvalue weighted by Gasteiger charge is -2.38. The van der Waals surface area contributed by atoms with Crippen LogP contribution in [0.5, 0.6) is 0 Å². The van der Waals surface area contributed by atoms with Crippen LogP contribution in [0, 0.1) is 0 Å². The Morgan fingerprint density at radius 3 is 2.33 bits per heavy atom. The Hall–Kier alpha value is -1.04. The quantitative estimate of drug-likeness (QED) is 0.483. The molecule has 1 aromatic heterocycles. The zero-order valence-electron chi connectivity index (χ0n) is 10.9. The lowest BCUT2D eigenvalue weighted by molar-refractivity contribution is -0.0543. The van der Waals surface area contributed by atoms with E-state index in [1.54, 1.807) is 7.11 Å². The van der Waals surface area contributed by atoms with Crippen molar-refractivity contribution in [2.45, 2.75) is 50.2 Å². The number of aromatic nitrogens is 2. The van der Waals surface area contributed by atoms with Crippen LogP contribution in [-0.2, 0) is 4.74 Å². The highest BCUT2D eigenvalue weighted by molar-refractivity contribution is 5.15. The topological polar surface area (TPSA) is 73.1 Å². The van der Waals surface area contributed by atoms with Crippen molar-refractivity contribution in [2.75, 3.05) is 7.11 Å². The molecule has 1 aliphatic rings. The van der Waals surface area contributed by atoms with Crippen molar-refractivity contribution in [1.29, 1.82) is 0 Å². The highest BCUT2D eigenvalue weighted by atomic mass is 16.5. The van der Waals surface area contributed by atoms with Crippen LogP contribution in [-0.4, -0.2) is 22.7 Å². The van der Waals surface area contributed by atoms with Crippen molar-refractivity contribution in [1.82, 2.24) is 15.4 Å². The van der Waals surface area contributed by atoms with Gasteiger partial charge in [-0.05, 0) is 12.8 Å². The van der Waals surface area contributed by atoms with Gasteiger partial charge in [0.15, 0.2) is 0 Å². The molecule has 1 unspecified atom stereocenters. The smallest absolute Gasteiger partial charge is 0.115 e. The molecule has 1 aromatic rings. The van der Waals surface area contributed by atoms with Gasteiger partial charge in [0.2, 0.25) is 0 Å². The Morgan fingerprint density at radius 2 is 1.83 bits per heavy atom. The maximum atomic E-state index is 5.87. The number of rotatable bonds is 4. The standard InChI is InChI=1S/C13H22N4O/c1-18-13(6-4-2-3-5-7-13)12(17-14)11-8-15-10-16-9-11/h8-10,12,17H,2-7,14H2,1H3. The molecule has 0 saturated heterocycles. The normalized spacial score (nSPS) is 21.2. The van der Waals surface area contributed by atoms with E-state index >= 15 is 0 Å². The van der Waals surface area contributed by atoms with Gasteiger partial charge in [-0.15, -0.1) is 0 Å². The molecule has 5 heteroatoms. The van der Waals surface area contributed by atoms with E-state index in [1.807, 2.05) is 12.4 Å². The molecule has 0 spiro atoms. The predicted molar refractivity (Wildman–Crippen MR) is 69.5 cm³/mol. The SMILES string of the molecule is COC1(C(NN)c2cncnc2)CCCCCC1. The van der Waals surface area contributed by atoms with Gasteiger partial charge in [-0.3, -0.25) is 5.84 Å². The van der Waals surface area contributed by atoms with Gasteiger partial charge in [-0.1, -0.05) is 25.7 Å². The van der Waals surface area contributed by atoms with Crippen LogP contribution in [0.2, 0.25) is 0 Å². The number of hydrazine groups is 1. The molecule has 18 heavy (non-hydrogen) atoms. The molecule has 1 saturated carbocycles. The average Bonchev–Trinajstić information content (AvgIpc) is 2.67. The Balaban J connectivity index is 2.27. The molecule has 1 fully saturated rings. The molecule has 1 aliphatic carbocycles. The first kappa shape index (κ1) is 13.4. The number of hydrogen-bond acceptors (Lipinski definition) is 5. The van der Waals surface area contributed by atoms with Gasteiger partial charge in [0.05, 0.1) is 11.6 Å². The molecule has 100 valence electrons. The maximum absolute atomic E-state index is 5.87. The molecule has 5 nitrogen and oxygen atoms in total. The summed E-state index contributed by atoms with van der Waals surface area (Å²) in [4.78, 5) is 8.15. The molecule has 1 atom stereocenters. The van der Waals surface area contributed by atoms with Crippen LogP contribution < -0.4 is 11.3 Å². The highest BCUT2D eigenvalue weighted by Crippen LogP contribution is 2.39. The van der Waals surface area contributed by atoms with Crippen LogP contribution in [0.1, 0.15) is 50.1 Å². The van der Waals surface area contributed by atoms with Gasteiger partial charge in [0.25, 0.3) is 0 Å². The van der Waals surface area contributed by atoms with Gasteiger partial charge in [-0.25, -0.2) is 15.4 Å². The van der Waals surface area contributed by atoms with Crippen LogP contribution in [0.4, 0.5) is 0 Å². The van der Waals surface area contributed by atoms with E-state index in [2.05, 4.69) is 15.4 Å². The molecule has 0 aromatic carbocycles. The first-order valence-electron chi connectivity index (χ1n) is 6.58. The molecule has 0 bridgehead atoms. The van der Waals surface area contributed by atoms with E-state index in [-0.39, 0.29) is 11.6 Å². The van der Waals surface area contributed by atoms with Gasteiger partial charge in [0.1, 0.15) is 6.33 Å². The summed E-state index contributed by atoms with van der Waals surface area (Å²) in [5.41, 5.74) is 3.65. The molecule has 3 N–H and O–H groups in total. The minimum atomic E-state index is -0.240. The summed E-state index contributed by atoms with van der Waals surface area (Å²) >= 11 is 0. The van der Waals surface area contributed by atoms with Crippen molar-refractivity contribution >= 4 is 0 Å². The van der Waals surface area contributed by atoms with Crippen LogP contribution in [0.3, 0.4) is 0 Å². The highest BCUT2D eigenvalue weighted by Gasteiger charge is 2.39. The monoisotopic (exact) mass is 250 g/mol. The molecular weight excluding hydrogens is 228 g/mol. The summed E-state index contributed by atoms with van der Waals surface area (Å²) in [7, 11) is 1.78. The summed E-state index contributed by atoms with van der Waals surface area (Å²) in [5.74, 6) is 5.76. The second kappa shape index (κ2) is 6.22. The van der Waals surface area contributed by atoms with Gasteiger partial charge < -0.3 is 4.74 Å². The summed E-state index contributed by atoms with van der Waals surface area (Å²) in [6, 6.07) is -0.0539.